The van der Waals surface area contributed by atoms with Gasteiger partial charge in [0.15, 0.2) is 0 Å². The van der Waals surface area contributed by atoms with E-state index in [1.54, 1.807) is 0 Å². The molecule has 0 aromatic heterocycles. The average Bonchev–Trinajstić information content (AvgIpc) is 2.45. The van der Waals surface area contributed by atoms with Crippen LogP contribution in [-0.2, 0) is 14.6 Å². The molecule has 0 spiro atoms. The van der Waals surface area contributed by atoms with Gasteiger partial charge in [-0.15, -0.1) is 0 Å². The van der Waals surface area contributed by atoms with E-state index in [1.807, 2.05) is 0 Å². The number of sulfone groups is 1. The minimum absolute atomic E-state index is 0.0212. The van der Waals surface area contributed by atoms with Crippen LogP contribution in [0.25, 0.3) is 0 Å². The predicted octanol–water partition coefficient (Wildman–Crippen LogP) is 2.08. The van der Waals surface area contributed by atoms with E-state index in [2.05, 4.69) is 5.32 Å². The van der Waals surface area contributed by atoms with E-state index in [4.69, 9.17) is 0 Å². The van der Waals surface area contributed by atoms with Crippen molar-refractivity contribution in [2.24, 2.45) is 5.92 Å². The number of carbonyl (C=O) groups excluding carboxylic acids is 1. The third-order valence-electron chi connectivity index (χ3n) is 4.84. The first-order valence-electron chi connectivity index (χ1n) is 7.92. The number of ketones is 1. The van der Waals surface area contributed by atoms with Gasteiger partial charge in [-0.25, -0.2) is 8.42 Å². The number of rotatable bonds is 5. The van der Waals surface area contributed by atoms with Crippen molar-refractivity contribution in [3.8, 4) is 0 Å². The summed E-state index contributed by atoms with van der Waals surface area (Å²) in [6, 6.07) is 0.488. The Morgan fingerprint density at radius 3 is 2.60 bits per heavy atom. The van der Waals surface area contributed by atoms with Gasteiger partial charge in [-0.1, -0.05) is 12.8 Å². The van der Waals surface area contributed by atoms with E-state index < -0.39 is 9.84 Å². The van der Waals surface area contributed by atoms with E-state index in [0.717, 1.165) is 32.2 Å². The molecular formula is C15H27NO3S. The van der Waals surface area contributed by atoms with Crippen LogP contribution in [-0.4, -0.2) is 38.3 Å². The van der Waals surface area contributed by atoms with Crippen LogP contribution in [0.5, 0.6) is 0 Å². The summed E-state index contributed by atoms with van der Waals surface area (Å²) in [6.07, 6.45) is 9.52. The van der Waals surface area contributed by atoms with Crippen LogP contribution in [0.3, 0.4) is 0 Å². The summed E-state index contributed by atoms with van der Waals surface area (Å²) < 4.78 is 23.3. The molecular weight excluding hydrogens is 274 g/mol. The Morgan fingerprint density at radius 1 is 1.15 bits per heavy atom. The molecule has 5 heteroatoms. The molecule has 0 radical (unpaired) electrons. The fourth-order valence-corrected chi connectivity index (χ4v) is 4.69. The first-order chi connectivity index (χ1) is 9.47. The van der Waals surface area contributed by atoms with Crippen LogP contribution in [0.1, 0.15) is 57.8 Å². The van der Waals surface area contributed by atoms with Crippen LogP contribution in [0.4, 0.5) is 0 Å². The number of hydrogen-bond donors (Lipinski definition) is 1. The van der Waals surface area contributed by atoms with E-state index in [-0.39, 0.29) is 17.0 Å². The molecule has 3 unspecified atom stereocenters. The maximum Gasteiger partial charge on any atom is 0.150 e. The van der Waals surface area contributed by atoms with Crippen molar-refractivity contribution in [1.82, 2.24) is 5.32 Å². The lowest BCUT2D eigenvalue weighted by Gasteiger charge is -2.28. The topological polar surface area (TPSA) is 63.2 Å². The van der Waals surface area contributed by atoms with Gasteiger partial charge in [-0.2, -0.15) is 0 Å². The molecule has 0 aromatic rings. The van der Waals surface area contributed by atoms with Crippen molar-refractivity contribution >= 4 is 15.6 Å². The lowest BCUT2D eigenvalue weighted by atomic mass is 9.83. The highest BCUT2D eigenvalue weighted by atomic mass is 32.2. The highest BCUT2D eigenvalue weighted by molar-refractivity contribution is 7.91. The van der Waals surface area contributed by atoms with Gasteiger partial charge in [-0.05, 0) is 45.1 Å². The van der Waals surface area contributed by atoms with Gasteiger partial charge in [-0.3, -0.25) is 4.79 Å². The monoisotopic (exact) mass is 301 g/mol. The molecule has 2 fully saturated rings. The van der Waals surface area contributed by atoms with Crippen LogP contribution >= 0.6 is 0 Å². The average molecular weight is 301 g/mol. The highest BCUT2D eigenvalue weighted by Crippen LogP contribution is 2.30. The molecule has 0 aromatic carbocycles. The summed E-state index contributed by atoms with van der Waals surface area (Å²) in [5.74, 6) is 0.262. The minimum Gasteiger partial charge on any atom is -0.314 e. The first-order valence-corrected chi connectivity index (χ1v) is 9.87. The van der Waals surface area contributed by atoms with Crippen molar-refractivity contribution < 1.29 is 13.2 Å². The van der Waals surface area contributed by atoms with E-state index in [9.17, 15) is 13.2 Å². The second-order valence-corrected chi connectivity index (χ2v) is 8.79. The fraction of sp³-hybridized carbons (Fsp3) is 0.933. The number of piperidine rings is 1. The summed E-state index contributed by atoms with van der Waals surface area (Å²) in [7, 11) is -2.99. The summed E-state index contributed by atoms with van der Waals surface area (Å²) in [4.78, 5) is 12.3. The zero-order valence-electron chi connectivity index (χ0n) is 12.4. The Morgan fingerprint density at radius 2 is 1.95 bits per heavy atom. The van der Waals surface area contributed by atoms with Crippen LogP contribution in [0.2, 0.25) is 0 Å². The zero-order chi connectivity index (χ0) is 14.6. The Balaban J connectivity index is 1.79. The zero-order valence-corrected chi connectivity index (χ0v) is 13.3. The molecule has 1 N–H and O–H groups in total. The molecule has 1 saturated heterocycles. The van der Waals surface area contributed by atoms with Crippen molar-refractivity contribution in [2.75, 3.05) is 12.8 Å². The van der Waals surface area contributed by atoms with Crippen LogP contribution in [0, 0.1) is 5.92 Å². The standard InChI is InChI=1S/C15H27NO3S/c1-20(18,19)14-7-4-5-12(11-14)15(17)9-8-13-6-2-3-10-16-13/h12-14,16H,2-11H2,1H3. The van der Waals surface area contributed by atoms with Crippen molar-refractivity contribution in [1.29, 1.82) is 0 Å². The number of hydrogen-bond acceptors (Lipinski definition) is 4. The summed E-state index contributed by atoms with van der Waals surface area (Å²) in [5, 5.41) is 3.17. The van der Waals surface area contributed by atoms with Crippen molar-refractivity contribution in [2.45, 2.75) is 69.1 Å². The van der Waals surface area contributed by atoms with Gasteiger partial charge in [0, 0.05) is 24.6 Å². The van der Waals surface area contributed by atoms with E-state index in [0.29, 0.717) is 18.9 Å². The Hall–Kier alpha value is -0.420. The van der Waals surface area contributed by atoms with Gasteiger partial charge in [0.1, 0.15) is 15.6 Å². The van der Waals surface area contributed by atoms with Gasteiger partial charge in [0.05, 0.1) is 5.25 Å². The molecule has 1 saturated carbocycles. The Labute approximate surface area is 122 Å². The molecule has 116 valence electrons. The molecule has 1 aliphatic heterocycles. The van der Waals surface area contributed by atoms with E-state index >= 15 is 0 Å². The molecule has 2 rings (SSSR count). The quantitative estimate of drug-likeness (QED) is 0.844. The summed E-state index contributed by atoms with van der Waals surface area (Å²) >= 11 is 0. The van der Waals surface area contributed by atoms with Crippen LogP contribution < -0.4 is 5.32 Å². The molecule has 1 heterocycles. The summed E-state index contributed by atoms with van der Waals surface area (Å²) in [6.45, 7) is 1.07. The van der Waals surface area contributed by atoms with Gasteiger partial charge < -0.3 is 5.32 Å². The highest BCUT2D eigenvalue weighted by Gasteiger charge is 2.32. The lowest BCUT2D eigenvalue weighted by Crippen LogP contribution is -2.35. The lowest BCUT2D eigenvalue weighted by molar-refractivity contribution is -0.124. The molecule has 2 aliphatic rings. The normalized spacial score (nSPS) is 31.9. The summed E-state index contributed by atoms with van der Waals surface area (Å²) in [5.41, 5.74) is 0. The molecule has 1 aliphatic carbocycles. The van der Waals surface area contributed by atoms with Gasteiger partial charge >= 0.3 is 0 Å². The van der Waals surface area contributed by atoms with Crippen LogP contribution in [0.15, 0.2) is 0 Å². The SMILES string of the molecule is CS(=O)(=O)C1CCCC(C(=O)CCC2CCCCN2)C1. The maximum absolute atomic E-state index is 12.3. The fourth-order valence-electron chi connectivity index (χ4n) is 3.52. The van der Waals surface area contributed by atoms with Crippen molar-refractivity contribution in [3.05, 3.63) is 0 Å². The number of nitrogens with one attached hydrogen (secondary N) is 1. The van der Waals surface area contributed by atoms with Gasteiger partial charge in [0.2, 0.25) is 0 Å². The van der Waals surface area contributed by atoms with Crippen molar-refractivity contribution in [3.63, 3.8) is 0 Å². The predicted molar refractivity (Wildman–Crippen MR) is 80.5 cm³/mol. The number of carbonyl (C=O) groups is 1. The van der Waals surface area contributed by atoms with E-state index in [1.165, 1.54) is 25.5 Å². The first kappa shape index (κ1) is 16.0. The Bertz CT molecular complexity index is 426. The molecule has 4 nitrogen and oxygen atoms in total. The molecule has 0 bridgehead atoms. The molecule has 0 amide bonds. The Kier molecular flexibility index (Phi) is 5.61. The smallest absolute Gasteiger partial charge is 0.150 e. The third-order valence-corrected chi connectivity index (χ3v) is 6.48. The number of Topliss-reactive ketones (excluding diaryl/α,β-unsaturated/α-hetero) is 1. The molecule has 3 atom stereocenters. The minimum atomic E-state index is -2.99. The largest absolute Gasteiger partial charge is 0.314 e. The second-order valence-electron chi connectivity index (χ2n) is 6.47. The second kappa shape index (κ2) is 7.03. The third kappa shape index (κ3) is 4.55. The molecule has 20 heavy (non-hydrogen) atoms. The maximum atomic E-state index is 12.3. The van der Waals surface area contributed by atoms with Gasteiger partial charge in [0.25, 0.3) is 0 Å².